The Labute approximate surface area is 228 Å². The van der Waals surface area contributed by atoms with E-state index >= 15 is 0 Å². The molecular formula is C25H21FN4O7S2. The van der Waals surface area contributed by atoms with Crippen LogP contribution in [0, 0.1) is 11.7 Å². The number of likely N-dealkylation sites (tertiary alicyclic amines) is 1. The second-order valence-corrected chi connectivity index (χ2v) is 10.9. The van der Waals surface area contributed by atoms with Crippen LogP contribution in [0.1, 0.15) is 23.3 Å². The number of amides is 5. The van der Waals surface area contributed by atoms with Gasteiger partial charge in [-0.3, -0.25) is 23.7 Å². The van der Waals surface area contributed by atoms with Gasteiger partial charge in [-0.15, -0.1) is 0 Å². The first kappa shape index (κ1) is 26.4. The number of thiazole rings is 1. The minimum atomic E-state index is -1.21. The number of hydrogen-bond acceptors (Lipinski definition) is 9. The van der Waals surface area contributed by atoms with Gasteiger partial charge in [0, 0.05) is 16.5 Å². The molecule has 2 aliphatic heterocycles. The van der Waals surface area contributed by atoms with Crippen molar-refractivity contribution in [3.63, 3.8) is 0 Å². The summed E-state index contributed by atoms with van der Waals surface area (Å²) in [4.78, 5) is 64.6. The van der Waals surface area contributed by atoms with Crippen LogP contribution in [-0.2, 0) is 20.9 Å². The van der Waals surface area contributed by atoms with Gasteiger partial charge in [0.05, 0.1) is 17.6 Å². The summed E-state index contributed by atoms with van der Waals surface area (Å²) in [6.07, 6.45) is 0. The lowest BCUT2D eigenvalue weighted by Crippen LogP contribution is -2.41. The average Bonchev–Trinajstić information content (AvgIpc) is 3.33. The number of aromatic nitrogens is 1. The fourth-order valence-electron chi connectivity index (χ4n) is 4.70. The smallest absolute Gasteiger partial charge is 0.328 e. The predicted octanol–water partition coefficient (Wildman–Crippen LogP) is 2.46. The van der Waals surface area contributed by atoms with E-state index in [1.807, 2.05) is 0 Å². The Morgan fingerprint density at radius 3 is 2.51 bits per heavy atom. The average molecular weight is 573 g/mol. The number of benzene rings is 2. The summed E-state index contributed by atoms with van der Waals surface area (Å²) < 4.78 is 19.9. The van der Waals surface area contributed by atoms with Crippen molar-refractivity contribution in [1.82, 2.24) is 9.47 Å². The molecule has 2 aromatic carbocycles. The molecule has 5 rings (SSSR count). The van der Waals surface area contributed by atoms with Crippen molar-refractivity contribution in [3.05, 3.63) is 68.4 Å². The van der Waals surface area contributed by atoms with Crippen LogP contribution < -0.4 is 20.7 Å². The molecule has 0 bridgehead atoms. The zero-order valence-electron chi connectivity index (χ0n) is 20.3. The topological polar surface area (TPSA) is 161 Å². The van der Waals surface area contributed by atoms with E-state index < -0.39 is 58.1 Å². The third kappa shape index (κ3) is 4.65. The van der Waals surface area contributed by atoms with E-state index in [9.17, 15) is 33.5 Å². The molecule has 1 fully saturated rings. The van der Waals surface area contributed by atoms with Gasteiger partial charge in [-0.25, -0.2) is 9.18 Å². The number of urea groups is 1. The minimum Gasteiger partial charge on any atom is -0.504 e. The number of halogens is 1. The van der Waals surface area contributed by atoms with Gasteiger partial charge in [0.15, 0.2) is 11.5 Å². The van der Waals surface area contributed by atoms with E-state index in [0.29, 0.717) is 26.1 Å². The van der Waals surface area contributed by atoms with Gasteiger partial charge in [-0.1, -0.05) is 29.2 Å². The fraction of sp³-hybridized carbons (Fsp3) is 0.240. The molecule has 0 spiro atoms. The molecule has 0 radical (unpaired) electrons. The fourth-order valence-corrected chi connectivity index (χ4v) is 7.48. The Morgan fingerprint density at radius 2 is 1.85 bits per heavy atom. The van der Waals surface area contributed by atoms with E-state index in [1.54, 1.807) is 13.0 Å². The van der Waals surface area contributed by atoms with Crippen LogP contribution in [0.25, 0.3) is 0 Å². The zero-order chi connectivity index (χ0) is 28.0. The highest BCUT2D eigenvalue weighted by molar-refractivity contribution is 8.00. The highest BCUT2D eigenvalue weighted by Crippen LogP contribution is 2.53. The standard InChI is InChI=1S/C25H21FN4O7S2/c1-2-37-15-9-11(3-8-14(15)31)17-18-19(22(34)30(21(18)33)24(27)35)38-23-20(17)39-25(36)29(23)10-16(32)28-13-6-4-12(26)5-7-13/h3-9,17-19,31H,2,10H2,1H3,(H2,27,35)(H,28,32)/t17-,18?,19?/m0/s1. The molecule has 14 heteroatoms. The number of primary amides is 1. The van der Waals surface area contributed by atoms with Gasteiger partial charge in [-0.2, -0.15) is 4.90 Å². The van der Waals surface area contributed by atoms with Crippen LogP contribution in [0.4, 0.5) is 14.9 Å². The van der Waals surface area contributed by atoms with Crippen molar-refractivity contribution in [2.24, 2.45) is 11.7 Å². The van der Waals surface area contributed by atoms with Crippen molar-refractivity contribution in [1.29, 1.82) is 0 Å². The van der Waals surface area contributed by atoms with Crippen LogP contribution >= 0.6 is 23.1 Å². The quantitative estimate of drug-likeness (QED) is 0.380. The molecule has 0 aliphatic carbocycles. The van der Waals surface area contributed by atoms with Gasteiger partial charge < -0.3 is 20.9 Å². The van der Waals surface area contributed by atoms with Gasteiger partial charge in [-0.05, 0) is 48.9 Å². The second-order valence-electron chi connectivity index (χ2n) is 8.73. The summed E-state index contributed by atoms with van der Waals surface area (Å²) in [5.74, 6) is -4.60. The molecule has 3 atom stereocenters. The summed E-state index contributed by atoms with van der Waals surface area (Å²) in [6.45, 7) is 1.56. The Balaban J connectivity index is 1.58. The first-order chi connectivity index (χ1) is 18.6. The highest BCUT2D eigenvalue weighted by atomic mass is 32.2. The third-order valence-corrected chi connectivity index (χ3v) is 8.95. The molecular weight excluding hydrogens is 551 g/mol. The minimum absolute atomic E-state index is 0.139. The zero-order valence-corrected chi connectivity index (χ0v) is 21.9. The SMILES string of the molecule is CCOc1cc([C@@H]2c3sc(=O)n(CC(=O)Nc4ccc(F)cc4)c3SC3C(=O)N(C(N)=O)C(=O)C32)ccc1O. The summed E-state index contributed by atoms with van der Waals surface area (Å²) in [5.41, 5.74) is 6.12. The maximum atomic E-state index is 13.3. The van der Waals surface area contributed by atoms with E-state index in [-0.39, 0.29) is 18.1 Å². The number of phenols is 1. The molecule has 5 amide bonds. The van der Waals surface area contributed by atoms with Crippen molar-refractivity contribution >= 4 is 52.5 Å². The Morgan fingerprint density at radius 1 is 1.13 bits per heavy atom. The lowest BCUT2D eigenvalue weighted by Gasteiger charge is -2.31. The van der Waals surface area contributed by atoms with E-state index in [4.69, 9.17) is 10.5 Å². The number of rotatable bonds is 6. The number of carbonyl (C=O) groups excluding carboxylic acids is 4. The Bertz CT molecular complexity index is 1570. The lowest BCUT2D eigenvalue weighted by atomic mass is 9.83. The molecule has 2 unspecified atom stereocenters. The van der Waals surface area contributed by atoms with Crippen molar-refractivity contribution in [3.8, 4) is 11.5 Å². The molecule has 1 aromatic heterocycles. The van der Waals surface area contributed by atoms with Gasteiger partial charge in [0.25, 0.3) is 5.91 Å². The number of nitrogens with two attached hydrogens (primary N) is 1. The number of imide groups is 3. The molecule has 3 heterocycles. The normalized spacial score (nSPS) is 19.9. The molecule has 1 saturated heterocycles. The van der Waals surface area contributed by atoms with Crippen LogP contribution in [0.3, 0.4) is 0 Å². The third-order valence-electron chi connectivity index (χ3n) is 6.34. The van der Waals surface area contributed by atoms with Gasteiger partial charge in [0.2, 0.25) is 11.8 Å². The molecule has 0 saturated carbocycles. The summed E-state index contributed by atoms with van der Waals surface area (Å²) in [6, 6.07) is 8.32. The number of fused-ring (bicyclic) bond motifs is 2. The van der Waals surface area contributed by atoms with Gasteiger partial charge >= 0.3 is 10.9 Å². The summed E-state index contributed by atoms with van der Waals surface area (Å²) in [5, 5.41) is 12.0. The summed E-state index contributed by atoms with van der Waals surface area (Å²) >= 11 is 1.73. The van der Waals surface area contributed by atoms with Crippen LogP contribution in [0.2, 0.25) is 0 Å². The molecule has 39 heavy (non-hydrogen) atoms. The number of nitrogens with zero attached hydrogens (tertiary/aromatic N) is 2. The number of thioether (sulfide) groups is 1. The maximum absolute atomic E-state index is 13.3. The van der Waals surface area contributed by atoms with Crippen molar-refractivity contribution in [2.75, 3.05) is 11.9 Å². The van der Waals surface area contributed by atoms with Gasteiger partial charge in [0.1, 0.15) is 17.6 Å². The molecule has 2 aliphatic rings. The number of carbonyl (C=O) groups is 4. The van der Waals surface area contributed by atoms with E-state index in [2.05, 4.69) is 5.32 Å². The second kappa shape index (κ2) is 10.2. The Hall–Kier alpha value is -4.17. The number of aromatic hydroxyl groups is 1. The van der Waals surface area contributed by atoms with Crippen molar-refractivity contribution < 1.29 is 33.4 Å². The molecule has 202 valence electrons. The first-order valence-corrected chi connectivity index (χ1v) is 13.4. The molecule has 3 aromatic rings. The largest absolute Gasteiger partial charge is 0.504 e. The first-order valence-electron chi connectivity index (χ1n) is 11.7. The Kier molecular flexibility index (Phi) is 6.91. The number of hydrogen-bond donors (Lipinski definition) is 3. The monoisotopic (exact) mass is 572 g/mol. The number of ether oxygens (including phenoxy) is 1. The predicted molar refractivity (Wildman–Crippen MR) is 139 cm³/mol. The van der Waals surface area contributed by atoms with Crippen molar-refractivity contribution in [2.45, 2.75) is 29.7 Å². The van der Waals surface area contributed by atoms with E-state index in [0.717, 1.165) is 23.1 Å². The number of nitrogens with one attached hydrogen (secondary N) is 1. The number of phenolic OH excluding ortho intramolecular Hbond substituents is 1. The molecule has 4 N–H and O–H groups in total. The maximum Gasteiger partial charge on any atom is 0.328 e. The highest BCUT2D eigenvalue weighted by Gasteiger charge is 2.58. The van der Waals surface area contributed by atoms with Crippen LogP contribution in [0.5, 0.6) is 11.5 Å². The van der Waals surface area contributed by atoms with Crippen LogP contribution in [-0.4, -0.2) is 50.2 Å². The number of anilines is 1. The van der Waals surface area contributed by atoms with Crippen LogP contribution in [0.15, 0.2) is 52.3 Å². The van der Waals surface area contributed by atoms with E-state index in [1.165, 1.54) is 41.0 Å². The molecule has 11 nitrogen and oxygen atoms in total. The summed E-state index contributed by atoms with van der Waals surface area (Å²) in [7, 11) is 0. The lowest BCUT2D eigenvalue weighted by molar-refractivity contribution is -0.135.